The van der Waals surface area contributed by atoms with Crippen LogP contribution in [0.1, 0.15) is 40.2 Å². The zero-order valence-electron chi connectivity index (χ0n) is 14.5. The Balaban J connectivity index is 1.75. The molecule has 0 spiro atoms. The van der Waals surface area contributed by atoms with Gasteiger partial charge >= 0.3 is 0 Å². The molecule has 0 aliphatic carbocycles. The first-order valence-electron chi connectivity index (χ1n) is 8.71. The molecule has 0 saturated heterocycles. The number of benzene rings is 2. The third-order valence-electron chi connectivity index (χ3n) is 5.07. The van der Waals surface area contributed by atoms with Crippen LogP contribution in [0.25, 0.3) is 5.70 Å². The Hall–Kier alpha value is -3.34. The molecule has 128 valence electrons. The summed E-state index contributed by atoms with van der Waals surface area (Å²) in [6, 6.07) is 16.7. The van der Waals surface area contributed by atoms with Crippen molar-refractivity contribution in [2.24, 2.45) is 5.10 Å². The second kappa shape index (κ2) is 5.59. The van der Waals surface area contributed by atoms with Crippen molar-refractivity contribution in [3.05, 3.63) is 89.5 Å². The molecule has 3 N–H and O–H groups in total. The number of hydrogen-bond donors (Lipinski definition) is 3. The van der Waals surface area contributed by atoms with Crippen LogP contribution < -0.4 is 10.7 Å². The average molecular weight is 341 g/mol. The Morgan fingerprint density at radius 3 is 2.65 bits per heavy atom. The van der Waals surface area contributed by atoms with Crippen LogP contribution >= 0.6 is 0 Å². The number of nitrogens with one attached hydrogen (secondary N) is 3. The van der Waals surface area contributed by atoms with E-state index in [1.165, 1.54) is 5.56 Å². The van der Waals surface area contributed by atoms with E-state index in [2.05, 4.69) is 69.8 Å². The fourth-order valence-corrected chi connectivity index (χ4v) is 3.89. The van der Waals surface area contributed by atoms with Gasteiger partial charge in [-0.15, -0.1) is 0 Å². The minimum Gasteiger partial charge on any atom is -0.377 e. The van der Waals surface area contributed by atoms with E-state index in [0.29, 0.717) is 0 Å². The molecule has 26 heavy (non-hydrogen) atoms. The summed E-state index contributed by atoms with van der Waals surface area (Å²) < 4.78 is 0. The van der Waals surface area contributed by atoms with Gasteiger partial charge in [0.15, 0.2) is 0 Å². The number of nitrogens with zero attached hydrogens (tertiary/aromatic N) is 2. The van der Waals surface area contributed by atoms with Gasteiger partial charge in [0, 0.05) is 28.7 Å². The lowest BCUT2D eigenvalue weighted by molar-refractivity contribution is 0.668. The van der Waals surface area contributed by atoms with Crippen molar-refractivity contribution in [2.75, 3.05) is 5.32 Å². The van der Waals surface area contributed by atoms with Crippen LogP contribution in [-0.4, -0.2) is 15.7 Å². The SMILES string of the molecule is C=C1NN=C2c3c(cccc31)NC(c1ccccc1)C2c1ncc(C)[nH]1. The highest BCUT2D eigenvalue weighted by Gasteiger charge is 2.40. The number of imidazole rings is 1. The molecule has 2 aliphatic rings. The van der Waals surface area contributed by atoms with Crippen LogP contribution in [0.15, 0.2) is 66.4 Å². The Labute approximate surface area is 151 Å². The van der Waals surface area contributed by atoms with E-state index in [4.69, 9.17) is 5.10 Å². The van der Waals surface area contributed by atoms with Gasteiger partial charge in [0.2, 0.25) is 0 Å². The second-order valence-electron chi connectivity index (χ2n) is 6.78. The largest absolute Gasteiger partial charge is 0.377 e. The molecule has 2 atom stereocenters. The van der Waals surface area contributed by atoms with Crippen molar-refractivity contribution in [2.45, 2.75) is 18.9 Å². The van der Waals surface area contributed by atoms with Gasteiger partial charge in [0.25, 0.3) is 0 Å². The smallest absolute Gasteiger partial charge is 0.117 e. The average Bonchev–Trinajstić information content (AvgIpc) is 3.10. The van der Waals surface area contributed by atoms with Gasteiger partial charge in [0.1, 0.15) is 5.82 Å². The topological polar surface area (TPSA) is 65.1 Å². The Bertz CT molecular complexity index is 1030. The Kier molecular flexibility index (Phi) is 3.22. The summed E-state index contributed by atoms with van der Waals surface area (Å²) in [4.78, 5) is 8.05. The Morgan fingerprint density at radius 1 is 1.04 bits per heavy atom. The summed E-state index contributed by atoms with van der Waals surface area (Å²) in [6.07, 6.45) is 1.87. The highest BCUT2D eigenvalue weighted by Crippen LogP contribution is 2.44. The van der Waals surface area contributed by atoms with E-state index in [0.717, 1.165) is 39.7 Å². The van der Waals surface area contributed by atoms with Crippen molar-refractivity contribution in [3.63, 3.8) is 0 Å². The summed E-state index contributed by atoms with van der Waals surface area (Å²) in [5.41, 5.74) is 10.4. The highest BCUT2D eigenvalue weighted by atomic mass is 15.3. The maximum Gasteiger partial charge on any atom is 0.117 e. The first-order valence-corrected chi connectivity index (χ1v) is 8.71. The quantitative estimate of drug-likeness (QED) is 0.661. The highest BCUT2D eigenvalue weighted by molar-refractivity contribution is 6.15. The molecular weight excluding hydrogens is 322 g/mol. The summed E-state index contributed by atoms with van der Waals surface area (Å²) in [7, 11) is 0. The molecular formula is C21H19N5. The minimum atomic E-state index is -0.0275. The standard InChI is InChI=1S/C21H19N5/c1-12-11-22-21(23-12)18-19(14-7-4-3-5-8-14)24-16-10-6-9-15-13(2)25-26-20(18)17(15)16/h3-11,18-19,24-25H,2H2,1H3,(H,22,23). The third kappa shape index (κ3) is 2.17. The van der Waals surface area contributed by atoms with Gasteiger partial charge in [-0.25, -0.2) is 4.98 Å². The molecule has 5 heteroatoms. The molecule has 0 saturated carbocycles. The molecule has 3 heterocycles. The van der Waals surface area contributed by atoms with Crippen molar-refractivity contribution in [3.8, 4) is 0 Å². The van der Waals surface area contributed by atoms with Crippen LogP contribution in [0.2, 0.25) is 0 Å². The van der Waals surface area contributed by atoms with Crippen LogP contribution in [0.4, 0.5) is 5.69 Å². The van der Waals surface area contributed by atoms with E-state index < -0.39 is 0 Å². The van der Waals surface area contributed by atoms with E-state index in [1.54, 1.807) is 0 Å². The number of H-pyrrole nitrogens is 1. The lowest BCUT2D eigenvalue weighted by atomic mass is 9.79. The maximum absolute atomic E-state index is 4.69. The monoisotopic (exact) mass is 341 g/mol. The molecule has 3 aromatic rings. The van der Waals surface area contributed by atoms with Crippen molar-refractivity contribution in [1.29, 1.82) is 0 Å². The predicted molar refractivity (Wildman–Crippen MR) is 104 cm³/mol. The van der Waals surface area contributed by atoms with E-state index >= 15 is 0 Å². The van der Waals surface area contributed by atoms with Crippen LogP contribution in [0.5, 0.6) is 0 Å². The van der Waals surface area contributed by atoms with Crippen molar-refractivity contribution in [1.82, 2.24) is 15.4 Å². The Morgan fingerprint density at radius 2 is 1.88 bits per heavy atom. The molecule has 5 nitrogen and oxygen atoms in total. The molecule has 2 aromatic carbocycles. The molecule has 2 aliphatic heterocycles. The predicted octanol–water partition coefficient (Wildman–Crippen LogP) is 3.95. The number of hydrazone groups is 1. The molecule has 0 fully saturated rings. The van der Waals surface area contributed by atoms with Gasteiger partial charge < -0.3 is 10.3 Å². The molecule has 2 unspecified atom stereocenters. The van der Waals surface area contributed by atoms with Gasteiger partial charge in [0.05, 0.1) is 23.4 Å². The zero-order chi connectivity index (χ0) is 17.7. The van der Waals surface area contributed by atoms with E-state index in [9.17, 15) is 0 Å². The normalized spacial score (nSPS) is 20.7. The van der Waals surface area contributed by atoms with Gasteiger partial charge in [-0.2, -0.15) is 5.10 Å². The molecule has 0 bridgehead atoms. The lowest BCUT2D eigenvalue weighted by Gasteiger charge is -2.38. The molecule has 1 aromatic heterocycles. The van der Waals surface area contributed by atoms with E-state index in [-0.39, 0.29) is 12.0 Å². The molecule has 5 rings (SSSR count). The fourth-order valence-electron chi connectivity index (χ4n) is 3.89. The summed E-state index contributed by atoms with van der Waals surface area (Å²) in [5, 5.41) is 8.41. The fraction of sp³-hybridized carbons (Fsp3) is 0.143. The van der Waals surface area contributed by atoms with Crippen molar-refractivity contribution < 1.29 is 0 Å². The van der Waals surface area contributed by atoms with Crippen LogP contribution in [-0.2, 0) is 0 Å². The van der Waals surface area contributed by atoms with Crippen molar-refractivity contribution >= 4 is 17.1 Å². The first-order chi connectivity index (χ1) is 12.7. The third-order valence-corrected chi connectivity index (χ3v) is 5.07. The zero-order valence-corrected chi connectivity index (χ0v) is 14.5. The van der Waals surface area contributed by atoms with Gasteiger partial charge in [-0.1, -0.05) is 49.0 Å². The van der Waals surface area contributed by atoms with Gasteiger partial charge in [-0.05, 0) is 18.6 Å². The number of anilines is 1. The second-order valence-corrected chi connectivity index (χ2v) is 6.78. The maximum atomic E-state index is 4.69. The lowest BCUT2D eigenvalue weighted by Crippen LogP contribution is -2.36. The minimum absolute atomic E-state index is 0.0275. The first kappa shape index (κ1) is 15.0. The summed E-state index contributed by atoms with van der Waals surface area (Å²) in [6.45, 7) is 6.12. The van der Waals surface area contributed by atoms with Gasteiger partial charge in [-0.3, -0.25) is 5.43 Å². The number of aromatic amines is 1. The molecule has 0 radical (unpaired) electrons. The molecule has 0 amide bonds. The summed E-state index contributed by atoms with van der Waals surface area (Å²) in [5.74, 6) is 0.887. The van der Waals surface area contributed by atoms with Crippen LogP contribution in [0, 0.1) is 6.92 Å². The number of rotatable bonds is 2. The number of aromatic nitrogens is 2. The number of hydrogen-bond acceptors (Lipinski definition) is 4. The summed E-state index contributed by atoms with van der Waals surface area (Å²) >= 11 is 0. The van der Waals surface area contributed by atoms with E-state index in [1.807, 2.05) is 19.2 Å². The number of aryl methyl sites for hydroxylation is 1. The van der Waals surface area contributed by atoms with Crippen LogP contribution in [0.3, 0.4) is 0 Å².